The van der Waals surface area contributed by atoms with Gasteiger partial charge in [0.15, 0.2) is 0 Å². The zero-order chi connectivity index (χ0) is 17.4. The van der Waals surface area contributed by atoms with Gasteiger partial charge < -0.3 is 19.1 Å². The number of carbonyl (C=O) groups excluding carboxylic acids is 2. The summed E-state index contributed by atoms with van der Waals surface area (Å²) in [5.41, 5.74) is -1.52. The molecule has 0 aromatic heterocycles. The predicted molar refractivity (Wildman–Crippen MR) is 84.5 cm³/mol. The van der Waals surface area contributed by atoms with Crippen molar-refractivity contribution in [1.82, 2.24) is 4.90 Å². The van der Waals surface area contributed by atoms with E-state index in [0.29, 0.717) is 26.2 Å². The maximum atomic E-state index is 12.2. The van der Waals surface area contributed by atoms with Gasteiger partial charge in [-0.25, -0.2) is 0 Å². The molecule has 0 aromatic rings. The van der Waals surface area contributed by atoms with Gasteiger partial charge in [0.05, 0.1) is 17.4 Å². The van der Waals surface area contributed by atoms with Crippen molar-refractivity contribution in [2.75, 3.05) is 47.6 Å². The van der Waals surface area contributed by atoms with E-state index < -0.39 is 10.8 Å². The molecule has 22 heavy (non-hydrogen) atoms. The molecule has 0 N–H and O–H groups in total. The second-order valence-electron chi connectivity index (χ2n) is 7.01. The summed E-state index contributed by atoms with van der Waals surface area (Å²) in [4.78, 5) is 26.2. The van der Waals surface area contributed by atoms with Crippen molar-refractivity contribution in [2.24, 2.45) is 10.8 Å². The predicted octanol–water partition coefficient (Wildman–Crippen LogP) is 1.72. The highest BCUT2D eigenvalue weighted by molar-refractivity contribution is 5.80. The molecule has 0 atom stereocenters. The Morgan fingerprint density at radius 1 is 0.864 bits per heavy atom. The number of likely N-dealkylation sites (N-methyl/N-ethyl adjacent to an activating group) is 1. The van der Waals surface area contributed by atoms with E-state index in [9.17, 15) is 9.59 Å². The van der Waals surface area contributed by atoms with Crippen molar-refractivity contribution in [3.63, 3.8) is 0 Å². The summed E-state index contributed by atoms with van der Waals surface area (Å²) in [5.74, 6) is -0.633. The largest absolute Gasteiger partial charge is 0.464 e. The molecule has 0 bridgehead atoms. The van der Waals surface area contributed by atoms with Crippen LogP contribution in [0.15, 0.2) is 0 Å². The summed E-state index contributed by atoms with van der Waals surface area (Å²) in [7, 11) is 5.38. The third-order valence-corrected chi connectivity index (χ3v) is 3.28. The van der Waals surface area contributed by atoms with Gasteiger partial charge in [-0.1, -0.05) is 0 Å². The normalized spacial score (nSPS) is 12.4. The first-order chi connectivity index (χ1) is 10.0. The maximum absolute atomic E-state index is 12.2. The summed E-state index contributed by atoms with van der Waals surface area (Å²) in [6.07, 6.45) is 0.354. The minimum atomic E-state index is -0.766. The van der Waals surface area contributed by atoms with Gasteiger partial charge >= 0.3 is 11.9 Å². The number of nitrogens with zero attached hydrogens (tertiary/aromatic N) is 1. The van der Waals surface area contributed by atoms with Crippen LogP contribution in [0.3, 0.4) is 0 Å². The highest BCUT2D eigenvalue weighted by Crippen LogP contribution is 2.35. The molecule has 0 heterocycles. The molecule has 0 fully saturated rings. The Balaban J connectivity index is 4.51. The molecule has 0 aliphatic carbocycles. The van der Waals surface area contributed by atoms with Crippen molar-refractivity contribution in [3.8, 4) is 0 Å². The summed E-state index contributed by atoms with van der Waals surface area (Å²) >= 11 is 0. The van der Waals surface area contributed by atoms with Gasteiger partial charge in [-0.05, 0) is 48.2 Å². The molecule has 0 radical (unpaired) electrons. The molecule has 0 aromatic carbocycles. The van der Waals surface area contributed by atoms with E-state index in [-0.39, 0.29) is 18.5 Å². The van der Waals surface area contributed by atoms with Crippen LogP contribution in [-0.4, -0.2) is 64.4 Å². The summed E-state index contributed by atoms with van der Waals surface area (Å²) < 4.78 is 15.3. The van der Waals surface area contributed by atoms with Crippen molar-refractivity contribution in [1.29, 1.82) is 0 Å². The highest BCUT2D eigenvalue weighted by atomic mass is 16.6. The number of carbonyl (C=O) groups is 2. The highest BCUT2D eigenvalue weighted by Gasteiger charge is 2.40. The topological polar surface area (TPSA) is 65.1 Å². The smallest absolute Gasteiger partial charge is 0.311 e. The maximum Gasteiger partial charge on any atom is 0.311 e. The zero-order valence-corrected chi connectivity index (χ0v) is 15.0. The molecule has 0 amide bonds. The molecule has 6 nitrogen and oxygen atoms in total. The molecular weight excluding hydrogens is 286 g/mol. The SMILES string of the molecule is COCCOC(=O)C(C)(C)CC(C)(C)C(=O)OCCN(C)C. The zero-order valence-electron chi connectivity index (χ0n) is 15.0. The lowest BCUT2D eigenvalue weighted by molar-refractivity contribution is -0.162. The van der Waals surface area contributed by atoms with E-state index in [0.717, 1.165) is 0 Å². The lowest BCUT2D eigenvalue weighted by Gasteiger charge is -2.31. The third kappa shape index (κ3) is 7.75. The summed E-state index contributed by atoms with van der Waals surface area (Å²) in [5, 5.41) is 0. The fourth-order valence-corrected chi connectivity index (χ4v) is 2.18. The molecule has 0 saturated heterocycles. The van der Waals surface area contributed by atoms with E-state index in [1.165, 1.54) is 0 Å². The Labute approximate surface area is 134 Å². The molecule has 0 unspecified atom stereocenters. The fourth-order valence-electron chi connectivity index (χ4n) is 2.18. The van der Waals surface area contributed by atoms with Crippen molar-refractivity contribution in [3.05, 3.63) is 0 Å². The Kier molecular flexibility index (Phi) is 8.63. The number of esters is 2. The number of methoxy groups -OCH3 is 1. The van der Waals surface area contributed by atoms with E-state index in [2.05, 4.69) is 0 Å². The monoisotopic (exact) mass is 317 g/mol. The Hall–Kier alpha value is -1.14. The molecule has 0 spiro atoms. The molecular formula is C16H31NO5. The van der Waals surface area contributed by atoms with Crippen molar-refractivity contribution >= 4 is 11.9 Å². The van der Waals surface area contributed by atoms with Crippen LogP contribution in [0.25, 0.3) is 0 Å². The molecule has 6 heteroatoms. The Bertz CT molecular complexity index is 364. The van der Waals surface area contributed by atoms with E-state index >= 15 is 0 Å². The molecule has 0 aliphatic heterocycles. The average molecular weight is 317 g/mol. The Morgan fingerprint density at radius 2 is 1.32 bits per heavy atom. The van der Waals surface area contributed by atoms with Gasteiger partial charge in [0.25, 0.3) is 0 Å². The first kappa shape index (κ1) is 20.9. The number of rotatable bonds is 10. The molecule has 130 valence electrons. The minimum absolute atomic E-state index is 0.215. The standard InChI is InChI=1S/C16H31NO5/c1-15(2,13(18)21-9-8-17(5)6)12-16(3,4)14(19)22-11-10-20-7/h8-12H2,1-7H3. The van der Waals surface area contributed by atoms with Gasteiger partial charge in [0.1, 0.15) is 13.2 Å². The van der Waals surface area contributed by atoms with Crippen LogP contribution in [0, 0.1) is 10.8 Å². The lowest BCUT2D eigenvalue weighted by Crippen LogP contribution is -2.38. The molecule has 0 rings (SSSR count). The average Bonchev–Trinajstić information content (AvgIpc) is 2.37. The van der Waals surface area contributed by atoms with Gasteiger partial charge in [-0.2, -0.15) is 0 Å². The van der Waals surface area contributed by atoms with Crippen LogP contribution in [0.2, 0.25) is 0 Å². The van der Waals surface area contributed by atoms with Gasteiger partial charge in [0.2, 0.25) is 0 Å². The summed E-state index contributed by atoms with van der Waals surface area (Å²) in [6.45, 7) is 8.71. The van der Waals surface area contributed by atoms with Gasteiger partial charge in [-0.15, -0.1) is 0 Å². The number of ether oxygens (including phenoxy) is 3. The van der Waals surface area contributed by atoms with E-state index in [1.54, 1.807) is 34.8 Å². The van der Waals surface area contributed by atoms with Crippen LogP contribution >= 0.6 is 0 Å². The quantitative estimate of drug-likeness (QED) is 0.451. The van der Waals surface area contributed by atoms with Crippen molar-refractivity contribution < 1.29 is 23.8 Å². The van der Waals surface area contributed by atoms with E-state index in [1.807, 2.05) is 19.0 Å². The third-order valence-electron chi connectivity index (χ3n) is 3.28. The summed E-state index contributed by atoms with van der Waals surface area (Å²) in [6, 6.07) is 0. The van der Waals surface area contributed by atoms with Crippen LogP contribution in [0.5, 0.6) is 0 Å². The lowest BCUT2D eigenvalue weighted by atomic mass is 9.75. The first-order valence-electron chi connectivity index (χ1n) is 7.51. The first-order valence-corrected chi connectivity index (χ1v) is 7.51. The van der Waals surface area contributed by atoms with Crippen LogP contribution in [0.4, 0.5) is 0 Å². The molecule has 0 aliphatic rings. The second-order valence-corrected chi connectivity index (χ2v) is 7.01. The van der Waals surface area contributed by atoms with Crippen LogP contribution in [-0.2, 0) is 23.8 Å². The Morgan fingerprint density at radius 3 is 1.73 bits per heavy atom. The van der Waals surface area contributed by atoms with Crippen molar-refractivity contribution in [2.45, 2.75) is 34.1 Å². The number of hydrogen-bond acceptors (Lipinski definition) is 6. The molecule has 0 saturated carbocycles. The second kappa shape index (κ2) is 9.10. The van der Waals surface area contributed by atoms with Gasteiger partial charge in [-0.3, -0.25) is 9.59 Å². The fraction of sp³-hybridized carbons (Fsp3) is 0.875. The number of hydrogen-bond donors (Lipinski definition) is 0. The van der Waals surface area contributed by atoms with Crippen LogP contribution in [0.1, 0.15) is 34.1 Å². The van der Waals surface area contributed by atoms with E-state index in [4.69, 9.17) is 14.2 Å². The van der Waals surface area contributed by atoms with Gasteiger partial charge in [0, 0.05) is 13.7 Å². The van der Waals surface area contributed by atoms with Crippen LogP contribution < -0.4 is 0 Å². The minimum Gasteiger partial charge on any atom is -0.464 e.